The van der Waals surface area contributed by atoms with Crippen molar-refractivity contribution in [3.8, 4) is 5.75 Å². The van der Waals surface area contributed by atoms with Gasteiger partial charge in [-0.25, -0.2) is 4.79 Å². The maximum absolute atomic E-state index is 12.2. The number of rotatable bonds is 5. The number of hydrogen-bond acceptors (Lipinski definition) is 5. The molecule has 2 rings (SSSR count). The summed E-state index contributed by atoms with van der Waals surface area (Å²) in [4.78, 5) is 12.0. The Bertz CT molecular complexity index is 751. The monoisotopic (exact) mass is 320 g/mol. The number of para-hydroxylation sites is 1. The molecule has 0 aliphatic heterocycles. The molecule has 0 amide bonds. The fraction of sp³-hybridized carbons (Fsp3) is 0.188. The second-order valence-electron chi connectivity index (χ2n) is 4.80. The number of carbonyl (C=O) groups excluding carboxylic acids is 1. The van der Waals surface area contributed by atoms with Crippen LogP contribution in [0.3, 0.4) is 0 Å². The molecule has 0 heterocycles. The van der Waals surface area contributed by atoms with Crippen molar-refractivity contribution in [1.29, 1.82) is 0 Å². The van der Waals surface area contributed by atoms with Crippen molar-refractivity contribution in [2.45, 2.75) is 24.8 Å². The lowest BCUT2D eigenvalue weighted by Gasteiger charge is -2.12. The van der Waals surface area contributed by atoms with Crippen LogP contribution in [0, 0.1) is 0 Å². The van der Waals surface area contributed by atoms with E-state index in [1.54, 1.807) is 44.2 Å². The van der Waals surface area contributed by atoms with Gasteiger partial charge in [0.1, 0.15) is 10.5 Å². The van der Waals surface area contributed by atoms with E-state index >= 15 is 0 Å². The Morgan fingerprint density at radius 1 is 0.955 bits per heavy atom. The second kappa shape index (κ2) is 6.62. The highest BCUT2D eigenvalue weighted by Crippen LogP contribution is 2.24. The third-order valence-electron chi connectivity index (χ3n) is 2.68. The molecule has 0 saturated heterocycles. The molecule has 0 saturated carbocycles. The number of benzene rings is 2. The largest absolute Gasteiger partial charge is 0.459 e. The molecule has 0 unspecified atom stereocenters. The standard InChI is InChI=1S/C16H16O5S/c1-12(2)20-16(17)14-10-6-7-11-15(14)21-22(18,19)13-8-4-3-5-9-13/h3-12H,1-2H3. The second-order valence-corrected chi connectivity index (χ2v) is 6.35. The van der Waals surface area contributed by atoms with E-state index < -0.39 is 16.1 Å². The lowest BCUT2D eigenvalue weighted by molar-refractivity contribution is 0.0376. The minimum absolute atomic E-state index is 0.0158. The highest BCUT2D eigenvalue weighted by atomic mass is 32.2. The zero-order chi connectivity index (χ0) is 16.2. The molecule has 6 heteroatoms. The maximum Gasteiger partial charge on any atom is 0.342 e. The SMILES string of the molecule is CC(C)OC(=O)c1ccccc1OS(=O)(=O)c1ccccc1. The van der Waals surface area contributed by atoms with E-state index in [2.05, 4.69) is 0 Å². The quantitative estimate of drug-likeness (QED) is 0.625. The average molecular weight is 320 g/mol. The fourth-order valence-electron chi connectivity index (χ4n) is 1.74. The smallest absolute Gasteiger partial charge is 0.342 e. The van der Waals surface area contributed by atoms with E-state index in [9.17, 15) is 13.2 Å². The van der Waals surface area contributed by atoms with Gasteiger partial charge < -0.3 is 8.92 Å². The molecule has 0 radical (unpaired) electrons. The van der Waals surface area contributed by atoms with Crippen molar-refractivity contribution < 1.29 is 22.1 Å². The Morgan fingerprint density at radius 2 is 1.55 bits per heavy atom. The Kier molecular flexibility index (Phi) is 4.82. The first-order valence-corrected chi connectivity index (χ1v) is 8.10. The Morgan fingerprint density at radius 3 is 2.18 bits per heavy atom. The summed E-state index contributed by atoms with van der Waals surface area (Å²) in [6, 6.07) is 13.8. The molecule has 0 bridgehead atoms. The first-order chi connectivity index (χ1) is 10.4. The summed E-state index contributed by atoms with van der Waals surface area (Å²) >= 11 is 0. The molecular weight excluding hydrogens is 304 g/mol. The Hall–Kier alpha value is -2.34. The van der Waals surface area contributed by atoms with Crippen molar-refractivity contribution in [3.05, 3.63) is 60.2 Å². The lowest BCUT2D eigenvalue weighted by atomic mass is 10.2. The number of ether oxygens (including phenoxy) is 1. The molecule has 0 atom stereocenters. The number of carbonyl (C=O) groups is 1. The predicted molar refractivity (Wildman–Crippen MR) is 81.2 cm³/mol. The molecule has 0 spiro atoms. The average Bonchev–Trinajstić information content (AvgIpc) is 2.47. The Labute approximate surface area is 129 Å². The van der Waals surface area contributed by atoms with E-state index in [1.165, 1.54) is 24.3 Å². The summed E-state index contributed by atoms with van der Waals surface area (Å²) in [7, 11) is -4.01. The molecule has 0 aliphatic carbocycles. The van der Waals surface area contributed by atoms with Gasteiger partial charge in [0, 0.05) is 0 Å². The van der Waals surface area contributed by atoms with Crippen LogP contribution >= 0.6 is 0 Å². The van der Waals surface area contributed by atoms with Crippen LogP contribution < -0.4 is 4.18 Å². The van der Waals surface area contributed by atoms with E-state index in [0.717, 1.165) is 0 Å². The van der Waals surface area contributed by atoms with E-state index in [-0.39, 0.29) is 22.3 Å². The van der Waals surface area contributed by atoms with Crippen molar-refractivity contribution >= 4 is 16.1 Å². The third-order valence-corrected chi connectivity index (χ3v) is 3.93. The summed E-state index contributed by atoms with van der Waals surface area (Å²) in [5, 5.41) is 0. The van der Waals surface area contributed by atoms with Crippen LogP contribution in [0.25, 0.3) is 0 Å². The van der Waals surface area contributed by atoms with Crippen molar-refractivity contribution in [2.24, 2.45) is 0 Å². The van der Waals surface area contributed by atoms with Gasteiger partial charge in [-0.15, -0.1) is 0 Å². The van der Waals surface area contributed by atoms with Gasteiger partial charge in [-0.3, -0.25) is 0 Å². The van der Waals surface area contributed by atoms with Gasteiger partial charge in [-0.1, -0.05) is 30.3 Å². The molecular formula is C16H16O5S. The fourth-order valence-corrected chi connectivity index (χ4v) is 2.71. The topological polar surface area (TPSA) is 69.7 Å². The van der Waals surface area contributed by atoms with Crippen molar-refractivity contribution in [2.75, 3.05) is 0 Å². The molecule has 2 aromatic carbocycles. The summed E-state index contributed by atoms with van der Waals surface area (Å²) in [5.41, 5.74) is 0.0655. The minimum atomic E-state index is -4.01. The van der Waals surface area contributed by atoms with Crippen LogP contribution in [0.15, 0.2) is 59.5 Å². The van der Waals surface area contributed by atoms with Gasteiger partial charge in [0.15, 0.2) is 5.75 Å². The molecule has 0 aliphatic rings. The molecule has 0 fully saturated rings. The predicted octanol–water partition coefficient (Wildman–Crippen LogP) is 3.02. The van der Waals surface area contributed by atoms with Gasteiger partial charge >= 0.3 is 16.1 Å². The summed E-state index contributed by atoms with van der Waals surface area (Å²) < 4.78 is 34.6. The van der Waals surface area contributed by atoms with Crippen LogP contribution in [0.2, 0.25) is 0 Å². The molecule has 5 nitrogen and oxygen atoms in total. The first-order valence-electron chi connectivity index (χ1n) is 6.69. The highest BCUT2D eigenvalue weighted by molar-refractivity contribution is 7.87. The zero-order valence-corrected chi connectivity index (χ0v) is 13.0. The lowest BCUT2D eigenvalue weighted by Crippen LogP contribution is -2.15. The molecule has 0 N–H and O–H groups in total. The number of hydrogen-bond donors (Lipinski definition) is 0. The summed E-state index contributed by atoms with van der Waals surface area (Å²) in [6.45, 7) is 3.42. The van der Waals surface area contributed by atoms with Gasteiger partial charge in [-0.2, -0.15) is 8.42 Å². The van der Waals surface area contributed by atoms with Crippen molar-refractivity contribution in [1.82, 2.24) is 0 Å². The third kappa shape index (κ3) is 3.85. The van der Waals surface area contributed by atoms with Crippen LogP contribution in [-0.4, -0.2) is 20.5 Å². The Balaban J connectivity index is 2.33. The van der Waals surface area contributed by atoms with Gasteiger partial charge in [0.05, 0.1) is 6.10 Å². The van der Waals surface area contributed by atoms with E-state index in [1.807, 2.05) is 0 Å². The summed E-state index contributed by atoms with van der Waals surface area (Å²) in [6.07, 6.45) is -0.314. The van der Waals surface area contributed by atoms with Gasteiger partial charge in [0.25, 0.3) is 0 Å². The van der Waals surface area contributed by atoms with E-state index in [4.69, 9.17) is 8.92 Å². The molecule has 116 valence electrons. The van der Waals surface area contributed by atoms with Gasteiger partial charge in [-0.05, 0) is 38.1 Å². The van der Waals surface area contributed by atoms with Crippen LogP contribution in [-0.2, 0) is 14.9 Å². The molecule has 22 heavy (non-hydrogen) atoms. The molecule has 0 aromatic heterocycles. The van der Waals surface area contributed by atoms with Crippen LogP contribution in [0.1, 0.15) is 24.2 Å². The van der Waals surface area contributed by atoms with E-state index in [0.29, 0.717) is 0 Å². The number of esters is 1. The maximum atomic E-state index is 12.2. The van der Waals surface area contributed by atoms with Crippen molar-refractivity contribution in [3.63, 3.8) is 0 Å². The molecule has 2 aromatic rings. The van der Waals surface area contributed by atoms with Crippen LogP contribution in [0.5, 0.6) is 5.75 Å². The van der Waals surface area contributed by atoms with Gasteiger partial charge in [0.2, 0.25) is 0 Å². The summed E-state index contributed by atoms with van der Waals surface area (Å²) in [5.74, 6) is -0.689. The minimum Gasteiger partial charge on any atom is -0.459 e. The normalized spacial score (nSPS) is 11.2. The first kappa shape index (κ1) is 16.0. The van der Waals surface area contributed by atoms with Crippen LogP contribution in [0.4, 0.5) is 0 Å². The highest BCUT2D eigenvalue weighted by Gasteiger charge is 2.21. The zero-order valence-electron chi connectivity index (χ0n) is 12.2.